The normalized spacial score (nSPS) is 15.2. The molecule has 7 nitrogen and oxygen atoms in total. The summed E-state index contributed by atoms with van der Waals surface area (Å²) in [5, 5.41) is 2.88. The van der Waals surface area contributed by atoms with Gasteiger partial charge in [-0.3, -0.25) is 14.5 Å². The molecule has 1 fully saturated rings. The molecule has 0 bridgehead atoms. The van der Waals surface area contributed by atoms with Crippen LogP contribution in [0.1, 0.15) is 29.3 Å². The number of nitrogens with one attached hydrogen (secondary N) is 1. The Morgan fingerprint density at radius 1 is 0.946 bits per heavy atom. The average Bonchev–Trinajstić information content (AvgIpc) is 3.10. The van der Waals surface area contributed by atoms with Crippen molar-refractivity contribution >= 4 is 46.5 Å². The Hall–Kier alpha value is -4.18. The van der Waals surface area contributed by atoms with E-state index in [1.807, 2.05) is 0 Å². The van der Waals surface area contributed by atoms with Gasteiger partial charge in [-0.05, 0) is 85.4 Å². The van der Waals surface area contributed by atoms with E-state index >= 15 is 0 Å². The monoisotopic (exact) mass is 523 g/mol. The third-order valence-corrected chi connectivity index (χ3v) is 6.15. The smallest absolute Gasteiger partial charge is 0.338 e. The highest BCUT2D eigenvalue weighted by molar-refractivity contribution is 7.80. The van der Waals surface area contributed by atoms with Gasteiger partial charge in [0.2, 0.25) is 5.91 Å². The number of esters is 1. The lowest BCUT2D eigenvalue weighted by Gasteiger charge is -2.24. The molecule has 0 spiro atoms. The molecule has 1 heterocycles. The Kier molecular flexibility index (Phi) is 7.88. The summed E-state index contributed by atoms with van der Waals surface area (Å²) in [6.07, 6.45) is -0.225. The van der Waals surface area contributed by atoms with Crippen LogP contribution in [0.2, 0.25) is 0 Å². The van der Waals surface area contributed by atoms with E-state index in [4.69, 9.17) is 17.0 Å². The number of anilines is 2. The molecule has 0 radical (unpaired) electrons. The van der Waals surface area contributed by atoms with Gasteiger partial charge in [0.05, 0.1) is 24.3 Å². The van der Waals surface area contributed by atoms with Gasteiger partial charge in [0, 0.05) is 12.2 Å². The van der Waals surface area contributed by atoms with Crippen molar-refractivity contribution in [2.24, 2.45) is 0 Å². The van der Waals surface area contributed by atoms with Gasteiger partial charge in [-0.15, -0.1) is 0 Å². The van der Waals surface area contributed by atoms with Crippen molar-refractivity contribution in [1.29, 1.82) is 0 Å². The summed E-state index contributed by atoms with van der Waals surface area (Å²) in [5.41, 5.74) is 1.85. The number of thiocarbonyl (C=S) groups is 1. The average molecular weight is 524 g/mol. The second-order valence-electron chi connectivity index (χ2n) is 8.25. The number of nitrogens with zero attached hydrogens (tertiary/aromatic N) is 2. The molecule has 0 saturated carbocycles. The number of ether oxygens (including phenoxy) is 1. The molecule has 4 rings (SSSR count). The van der Waals surface area contributed by atoms with Crippen molar-refractivity contribution in [2.45, 2.75) is 25.9 Å². The number of carbonyl (C=O) groups is 3. The molecule has 37 heavy (non-hydrogen) atoms. The van der Waals surface area contributed by atoms with Crippen LogP contribution in [0.3, 0.4) is 0 Å². The lowest BCUT2D eigenvalue weighted by atomic mass is 10.1. The second-order valence-corrected chi connectivity index (χ2v) is 8.62. The number of rotatable bonds is 8. The van der Waals surface area contributed by atoms with Crippen LogP contribution in [-0.4, -0.2) is 40.4 Å². The molecule has 3 aromatic rings. The Morgan fingerprint density at radius 3 is 2.14 bits per heavy atom. The molecular weight excluding hydrogens is 500 g/mol. The standard InChI is InChI=1S/C27H23F2N3O4S/c1-2-36-26(35)18-5-11-21(12-6-18)30-24(33)15-23-25(34)32(22-13-9-20(29)10-14-22)27(37)31(23)16-17-3-7-19(28)8-4-17/h3-14,23H,2,15-16H2,1H3,(H,30,33). The fourth-order valence-corrected chi connectivity index (χ4v) is 4.31. The van der Waals surface area contributed by atoms with Crippen molar-refractivity contribution in [1.82, 2.24) is 4.90 Å². The molecule has 1 aliphatic heterocycles. The maximum absolute atomic E-state index is 13.5. The number of benzene rings is 3. The summed E-state index contributed by atoms with van der Waals surface area (Å²) in [5.74, 6) is -2.22. The van der Waals surface area contributed by atoms with E-state index < -0.39 is 35.5 Å². The Labute approximate surface area is 217 Å². The Balaban J connectivity index is 1.54. The van der Waals surface area contributed by atoms with Crippen LogP contribution in [0.4, 0.5) is 20.2 Å². The molecular formula is C27H23F2N3O4S. The third kappa shape index (κ3) is 5.97. The van der Waals surface area contributed by atoms with Gasteiger partial charge in [0.15, 0.2) is 5.11 Å². The molecule has 1 saturated heterocycles. The molecule has 0 aliphatic carbocycles. The van der Waals surface area contributed by atoms with E-state index in [2.05, 4.69) is 5.32 Å². The van der Waals surface area contributed by atoms with Crippen LogP contribution in [-0.2, 0) is 20.9 Å². The second kappa shape index (κ2) is 11.3. The zero-order chi connectivity index (χ0) is 26.5. The topological polar surface area (TPSA) is 78.9 Å². The number of halogens is 2. The van der Waals surface area contributed by atoms with Crippen LogP contribution in [0, 0.1) is 11.6 Å². The molecule has 1 unspecified atom stereocenters. The third-order valence-electron chi connectivity index (χ3n) is 5.73. The highest BCUT2D eigenvalue weighted by Gasteiger charge is 2.44. The fraction of sp³-hybridized carbons (Fsp3) is 0.185. The lowest BCUT2D eigenvalue weighted by Crippen LogP contribution is -2.37. The first-order chi connectivity index (χ1) is 17.8. The zero-order valence-corrected chi connectivity index (χ0v) is 20.6. The van der Waals surface area contributed by atoms with E-state index in [1.54, 1.807) is 36.1 Å². The first kappa shape index (κ1) is 25.9. The van der Waals surface area contributed by atoms with Crippen molar-refractivity contribution in [2.75, 3.05) is 16.8 Å². The molecule has 1 atom stereocenters. The maximum Gasteiger partial charge on any atom is 0.338 e. The summed E-state index contributed by atoms with van der Waals surface area (Å²) in [6.45, 7) is 2.12. The Bertz CT molecular complexity index is 1310. The fourth-order valence-electron chi connectivity index (χ4n) is 3.92. The van der Waals surface area contributed by atoms with Crippen LogP contribution in [0.15, 0.2) is 72.8 Å². The van der Waals surface area contributed by atoms with Gasteiger partial charge < -0.3 is 15.0 Å². The van der Waals surface area contributed by atoms with E-state index in [-0.39, 0.29) is 24.7 Å². The van der Waals surface area contributed by atoms with Crippen LogP contribution >= 0.6 is 12.2 Å². The predicted octanol–water partition coefficient (Wildman–Crippen LogP) is 4.67. The van der Waals surface area contributed by atoms with Crippen LogP contribution in [0.5, 0.6) is 0 Å². The highest BCUT2D eigenvalue weighted by Crippen LogP contribution is 2.29. The summed E-state index contributed by atoms with van der Waals surface area (Å²) in [6, 6.07) is 16.3. The first-order valence-corrected chi connectivity index (χ1v) is 11.9. The van der Waals surface area contributed by atoms with Crippen molar-refractivity contribution < 1.29 is 27.9 Å². The van der Waals surface area contributed by atoms with Gasteiger partial charge in [0.25, 0.3) is 5.91 Å². The number of hydrogen-bond donors (Lipinski definition) is 1. The Morgan fingerprint density at radius 2 is 1.54 bits per heavy atom. The number of amides is 2. The van der Waals surface area contributed by atoms with Crippen LogP contribution in [0.25, 0.3) is 0 Å². The van der Waals surface area contributed by atoms with Gasteiger partial charge in [-0.1, -0.05) is 12.1 Å². The van der Waals surface area contributed by atoms with E-state index in [0.29, 0.717) is 22.5 Å². The quantitative estimate of drug-likeness (QED) is 0.342. The molecule has 2 amide bonds. The minimum absolute atomic E-state index is 0.150. The molecule has 0 aromatic heterocycles. The van der Waals surface area contributed by atoms with Gasteiger partial charge >= 0.3 is 5.97 Å². The summed E-state index contributed by atoms with van der Waals surface area (Å²) < 4.78 is 31.8. The summed E-state index contributed by atoms with van der Waals surface area (Å²) >= 11 is 5.59. The minimum Gasteiger partial charge on any atom is -0.462 e. The number of hydrogen-bond acceptors (Lipinski definition) is 5. The molecule has 1 aliphatic rings. The van der Waals surface area contributed by atoms with E-state index in [9.17, 15) is 23.2 Å². The van der Waals surface area contributed by atoms with Gasteiger partial charge in [-0.2, -0.15) is 0 Å². The maximum atomic E-state index is 13.5. The van der Waals surface area contributed by atoms with E-state index in [1.165, 1.54) is 53.4 Å². The predicted molar refractivity (Wildman–Crippen MR) is 138 cm³/mol. The number of carbonyl (C=O) groups excluding carboxylic acids is 3. The molecule has 190 valence electrons. The van der Waals surface area contributed by atoms with Gasteiger partial charge in [0.1, 0.15) is 17.7 Å². The molecule has 1 N–H and O–H groups in total. The minimum atomic E-state index is -0.943. The highest BCUT2D eigenvalue weighted by atomic mass is 32.1. The molecule has 3 aromatic carbocycles. The SMILES string of the molecule is CCOC(=O)c1ccc(NC(=O)CC2C(=O)N(c3ccc(F)cc3)C(=S)N2Cc2ccc(F)cc2)cc1. The lowest BCUT2D eigenvalue weighted by molar-refractivity contribution is -0.124. The largest absolute Gasteiger partial charge is 0.462 e. The van der Waals surface area contributed by atoms with Gasteiger partial charge in [-0.25, -0.2) is 13.6 Å². The molecule has 10 heteroatoms. The van der Waals surface area contributed by atoms with Crippen LogP contribution < -0.4 is 10.2 Å². The summed E-state index contributed by atoms with van der Waals surface area (Å²) in [4.78, 5) is 41.1. The van der Waals surface area contributed by atoms with Crippen molar-refractivity contribution in [3.8, 4) is 0 Å². The summed E-state index contributed by atoms with van der Waals surface area (Å²) in [7, 11) is 0. The van der Waals surface area contributed by atoms with E-state index in [0.717, 1.165) is 0 Å². The first-order valence-electron chi connectivity index (χ1n) is 11.5. The zero-order valence-electron chi connectivity index (χ0n) is 19.8. The van der Waals surface area contributed by atoms with Crippen molar-refractivity contribution in [3.63, 3.8) is 0 Å². The van der Waals surface area contributed by atoms with Crippen molar-refractivity contribution in [3.05, 3.63) is 95.6 Å².